The molecule has 0 fully saturated rings. The van der Waals surface area contributed by atoms with Crippen molar-refractivity contribution in [1.29, 1.82) is 0 Å². The normalized spacial score (nSPS) is 11.9. The fourth-order valence-electron chi connectivity index (χ4n) is 0.341. The zero-order valence-electron chi connectivity index (χ0n) is 5.68. The minimum atomic E-state index is -0.583. The summed E-state index contributed by atoms with van der Waals surface area (Å²) in [4.78, 5) is 21.0. The second kappa shape index (κ2) is 4.48. The number of methoxy groups -OCH3 is 1. The summed E-state index contributed by atoms with van der Waals surface area (Å²) in [5, 5.41) is 2.37. The number of rotatable bonds is 2. The van der Waals surface area contributed by atoms with Crippen LogP contribution < -0.4 is 5.32 Å². The van der Waals surface area contributed by atoms with E-state index >= 15 is 0 Å². The maximum absolute atomic E-state index is 10.6. The number of alkyl halides is 1. The lowest BCUT2D eigenvalue weighted by Crippen LogP contribution is -2.35. The molecule has 10 heavy (non-hydrogen) atoms. The lowest BCUT2D eigenvalue weighted by molar-refractivity contribution is -0.141. The third-order valence-corrected chi connectivity index (χ3v) is 1.56. The minimum Gasteiger partial charge on any atom is -0.467 e. The quantitative estimate of drug-likeness (QED) is 0.329. The van der Waals surface area contributed by atoms with E-state index in [4.69, 9.17) is 0 Å². The van der Waals surface area contributed by atoms with E-state index < -0.39 is 10.0 Å². The van der Waals surface area contributed by atoms with E-state index in [0.29, 0.717) is 0 Å². The summed E-state index contributed by atoms with van der Waals surface area (Å²) < 4.78 is 3.77. The van der Waals surface area contributed by atoms with Gasteiger partial charge in [0.15, 0.2) is 4.05 Å². The summed E-state index contributed by atoms with van der Waals surface area (Å²) in [6.45, 7) is 1.34. The topological polar surface area (TPSA) is 55.4 Å². The van der Waals surface area contributed by atoms with Gasteiger partial charge in [-0.2, -0.15) is 0 Å². The van der Waals surface area contributed by atoms with Crippen LogP contribution in [0.3, 0.4) is 0 Å². The second-order valence-electron chi connectivity index (χ2n) is 1.59. The number of ether oxygens (including phenoxy) is 1. The molecule has 0 saturated carbocycles. The van der Waals surface area contributed by atoms with Gasteiger partial charge in [-0.25, -0.2) is 4.79 Å². The standard InChI is InChI=1S/C5H8INO3/c1-3(8)7-4(6)5(9)10-2/h4H,1-2H3,(H,7,8)/t4-/m1/s1. The maximum atomic E-state index is 10.6. The lowest BCUT2D eigenvalue weighted by Gasteiger charge is -2.06. The van der Waals surface area contributed by atoms with Gasteiger partial charge in [0.1, 0.15) is 0 Å². The first kappa shape index (κ1) is 9.67. The van der Waals surface area contributed by atoms with Crippen LogP contribution in [0.15, 0.2) is 0 Å². The lowest BCUT2D eigenvalue weighted by atomic mass is 10.6. The van der Waals surface area contributed by atoms with Crippen LogP contribution in [0.4, 0.5) is 0 Å². The highest BCUT2D eigenvalue weighted by Crippen LogP contribution is 1.97. The monoisotopic (exact) mass is 257 g/mol. The number of hydrogen-bond acceptors (Lipinski definition) is 3. The Balaban J connectivity index is 3.72. The summed E-state index contributed by atoms with van der Waals surface area (Å²) in [6.07, 6.45) is 0. The zero-order valence-corrected chi connectivity index (χ0v) is 7.84. The van der Waals surface area contributed by atoms with Crippen LogP contribution in [-0.2, 0) is 14.3 Å². The fraction of sp³-hybridized carbons (Fsp3) is 0.600. The Morgan fingerprint density at radius 3 is 2.40 bits per heavy atom. The van der Waals surface area contributed by atoms with Crippen molar-refractivity contribution < 1.29 is 14.3 Å². The molecule has 0 unspecified atom stereocenters. The summed E-state index contributed by atoms with van der Waals surface area (Å²) in [6, 6.07) is 0. The molecular weight excluding hydrogens is 249 g/mol. The van der Waals surface area contributed by atoms with Gasteiger partial charge in [0, 0.05) is 6.92 Å². The van der Waals surface area contributed by atoms with E-state index in [0.717, 1.165) is 0 Å². The Bertz CT molecular complexity index is 148. The van der Waals surface area contributed by atoms with Crippen LogP contribution in [0.5, 0.6) is 0 Å². The van der Waals surface area contributed by atoms with Gasteiger partial charge in [0.25, 0.3) is 0 Å². The largest absolute Gasteiger partial charge is 0.467 e. The third-order valence-electron chi connectivity index (χ3n) is 0.738. The molecule has 5 heteroatoms. The van der Waals surface area contributed by atoms with Gasteiger partial charge in [-0.3, -0.25) is 4.79 Å². The Morgan fingerprint density at radius 2 is 2.10 bits per heavy atom. The molecular formula is C5H8INO3. The minimum absolute atomic E-state index is 0.246. The summed E-state index contributed by atoms with van der Waals surface area (Å²) in [7, 11) is 1.27. The Labute approximate surface area is 72.4 Å². The van der Waals surface area contributed by atoms with Crippen LogP contribution in [0, 0.1) is 0 Å². The molecule has 0 saturated heterocycles. The van der Waals surface area contributed by atoms with Crippen molar-refractivity contribution in [3.63, 3.8) is 0 Å². The first-order chi connectivity index (χ1) is 4.57. The second-order valence-corrected chi connectivity index (χ2v) is 2.83. The number of hydrogen-bond donors (Lipinski definition) is 1. The number of nitrogens with one attached hydrogen (secondary N) is 1. The Morgan fingerprint density at radius 1 is 1.60 bits per heavy atom. The molecule has 0 heterocycles. The molecule has 0 rings (SSSR count). The maximum Gasteiger partial charge on any atom is 0.338 e. The first-order valence-electron chi connectivity index (χ1n) is 2.57. The van der Waals surface area contributed by atoms with Gasteiger partial charge >= 0.3 is 5.97 Å². The van der Waals surface area contributed by atoms with Crippen LogP contribution in [0.25, 0.3) is 0 Å². The van der Waals surface area contributed by atoms with Crippen LogP contribution in [0.1, 0.15) is 6.92 Å². The number of carbonyl (C=O) groups is 2. The van der Waals surface area contributed by atoms with Crippen molar-refractivity contribution in [2.24, 2.45) is 0 Å². The smallest absolute Gasteiger partial charge is 0.338 e. The molecule has 4 nitrogen and oxygen atoms in total. The average molecular weight is 257 g/mol. The van der Waals surface area contributed by atoms with E-state index in [1.165, 1.54) is 14.0 Å². The SMILES string of the molecule is COC(=O)[C@H](I)NC(C)=O. The molecule has 0 radical (unpaired) electrons. The number of amides is 1. The molecule has 0 aliphatic heterocycles. The van der Waals surface area contributed by atoms with E-state index in [9.17, 15) is 9.59 Å². The van der Waals surface area contributed by atoms with Crippen molar-refractivity contribution in [3.05, 3.63) is 0 Å². The molecule has 58 valence electrons. The highest BCUT2D eigenvalue weighted by molar-refractivity contribution is 14.1. The van der Waals surface area contributed by atoms with Crippen molar-refractivity contribution >= 4 is 34.5 Å². The van der Waals surface area contributed by atoms with Crippen LogP contribution in [0.2, 0.25) is 0 Å². The van der Waals surface area contributed by atoms with Gasteiger partial charge in [-0.15, -0.1) is 0 Å². The van der Waals surface area contributed by atoms with Crippen molar-refractivity contribution in [1.82, 2.24) is 5.32 Å². The number of carbonyl (C=O) groups excluding carboxylic acids is 2. The highest BCUT2D eigenvalue weighted by Gasteiger charge is 2.14. The zero-order chi connectivity index (χ0) is 8.15. The molecule has 0 aliphatic carbocycles. The van der Waals surface area contributed by atoms with Gasteiger partial charge < -0.3 is 10.1 Å². The number of halogens is 1. The van der Waals surface area contributed by atoms with E-state index in [-0.39, 0.29) is 5.91 Å². The molecule has 0 aromatic heterocycles. The predicted octanol–water partition coefficient (Wildman–Crippen LogP) is 0.0566. The van der Waals surface area contributed by atoms with Crippen LogP contribution in [-0.4, -0.2) is 23.0 Å². The van der Waals surface area contributed by atoms with E-state index in [1.807, 2.05) is 0 Å². The number of esters is 1. The molecule has 0 aromatic rings. The van der Waals surface area contributed by atoms with E-state index in [1.54, 1.807) is 22.6 Å². The molecule has 0 bridgehead atoms. The van der Waals surface area contributed by atoms with E-state index in [2.05, 4.69) is 10.1 Å². The Kier molecular flexibility index (Phi) is 4.33. The van der Waals surface area contributed by atoms with Crippen molar-refractivity contribution in [3.8, 4) is 0 Å². The van der Waals surface area contributed by atoms with Gasteiger partial charge in [0.2, 0.25) is 5.91 Å². The van der Waals surface area contributed by atoms with Gasteiger partial charge in [0.05, 0.1) is 7.11 Å². The molecule has 0 aliphatic rings. The van der Waals surface area contributed by atoms with Crippen molar-refractivity contribution in [2.75, 3.05) is 7.11 Å². The average Bonchev–Trinajstić information content (AvgIpc) is 1.85. The summed E-state index contributed by atoms with van der Waals surface area (Å²) >= 11 is 1.78. The summed E-state index contributed by atoms with van der Waals surface area (Å²) in [5.41, 5.74) is 0. The molecule has 1 N–H and O–H groups in total. The van der Waals surface area contributed by atoms with Crippen LogP contribution >= 0.6 is 22.6 Å². The molecule has 1 amide bonds. The van der Waals surface area contributed by atoms with Gasteiger partial charge in [-0.1, -0.05) is 0 Å². The molecule has 0 spiro atoms. The van der Waals surface area contributed by atoms with Crippen molar-refractivity contribution in [2.45, 2.75) is 11.0 Å². The van der Waals surface area contributed by atoms with Gasteiger partial charge in [-0.05, 0) is 22.6 Å². The fourth-order valence-corrected chi connectivity index (χ4v) is 1.03. The highest BCUT2D eigenvalue weighted by atomic mass is 127. The first-order valence-corrected chi connectivity index (χ1v) is 3.81. The summed E-state index contributed by atoms with van der Waals surface area (Å²) in [5.74, 6) is -0.694. The predicted molar refractivity (Wildman–Crippen MR) is 43.6 cm³/mol. The molecule has 1 atom stereocenters. The Hall–Kier alpha value is -0.330. The molecule has 0 aromatic carbocycles. The third kappa shape index (κ3) is 3.65.